The minimum atomic E-state index is -0.793. The first-order valence-corrected chi connectivity index (χ1v) is 3.75. The van der Waals surface area contributed by atoms with E-state index in [0.717, 1.165) is 5.57 Å². The first-order valence-electron chi connectivity index (χ1n) is 3.75. The highest BCUT2D eigenvalue weighted by atomic mass is 19.1. The topological polar surface area (TPSA) is 24.7 Å². The predicted molar refractivity (Wildman–Crippen MR) is 51.3 cm³/mol. The first kappa shape index (κ1) is 11.0. The minimum Gasteiger partial charge on any atom is -0.219 e. The van der Waals surface area contributed by atoms with E-state index in [1.807, 2.05) is 27.7 Å². The zero-order valence-electron chi connectivity index (χ0n) is 8.06. The molecule has 0 saturated carbocycles. The van der Waals surface area contributed by atoms with Crippen LogP contribution in [-0.2, 0) is 0 Å². The molecule has 0 heterocycles. The van der Waals surface area contributed by atoms with Gasteiger partial charge in [0.05, 0.1) is 0 Å². The Morgan fingerprint density at radius 1 is 1.42 bits per heavy atom. The number of halogens is 1. The maximum Gasteiger partial charge on any atom is 0.307 e. The molecule has 0 aromatic heterocycles. The minimum absolute atomic E-state index is 0.0188. The van der Waals surface area contributed by atoms with Gasteiger partial charge in [-0.15, -0.1) is 0 Å². The zero-order valence-corrected chi connectivity index (χ0v) is 8.06. The third-order valence-corrected chi connectivity index (χ3v) is 1.68. The molecule has 0 rings (SSSR count). The van der Waals surface area contributed by atoms with Crippen LogP contribution < -0.4 is 0 Å². The summed E-state index contributed by atoms with van der Waals surface area (Å²) in [7, 11) is 0. The molecule has 0 aliphatic heterocycles. The summed E-state index contributed by atoms with van der Waals surface area (Å²) in [5.41, 5.74) is 1.02. The van der Waals surface area contributed by atoms with E-state index in [1.165, 1.54) is 6.20 Å². The van der Waals surface area contributed by atoms with Crippen LogP contribution in [0, 0.1) is 5.41 Å². The molecule has 0 atom stereocenters. The molecule has 68 valence electrons. The summed E-state index contributed by atoms with van der Waals surface area (Å²) in [6, 6.07) is 0. The Hall–Kier alpha value is -0.990. The van der Waals surface area contributed by atoms with Crippen molar-refractivity contribution in [3.8, 4) is 0 Å². The number of allylic oxidation sites excluding steroid dienone is 1. The Balaban J connectivity index is 4.49. The summed E-state index contributed by atoms with van der Waals surface area (Å²) in [4.78, 5) is 6.50. The maximum atomic E-state index is 12.4. The molecular weight excluding hydrogens is 155 g/mol. The van der Waals surface area contributed by atoms with Crippen molar-refractivity contribution >= 4 is 12.8 Å². The smallest absolute Gasteiger partial charge is 0.219 e. The van der Waals surface area contributed by atoms with Gasteiger partial charge in [-0.25, -0.2) is 9.98 Å². The van der Waals surface area contributed by atoms with E-state index >= 15 is 0 Å². The van der Waals surface area contributed by atoms with E-state index in [1.54, 1.807) is 0 Å². The lowest BCUT2D eigenvalue weighted by Crippen LogP contribution is -2.05. The van der Waals surface area contributed by atoms with Gasteiger partial charge in [-0.05, 0) is 24.6 Å². The Morgan fingerprint density at radius 2 is 1.92 bits per heavy atom. The van der Waals surface area contributed by atoms with E-state index in [9.17, 15) is 4.39 Å². The first-order chi connectivity index (χ1) is 5.38. The van der Waals surface area contributed by atoms with Crippen LogP contribution in [0.5, 0.6) is 0 Å². The quantitative estimate of drug-likeness (QED) is 0.328. The summed E-state index contributed by atoms with van der Waals surface area (Å²) in [5, 5.41) is 0. The Labute approximate surface area is 72.9 Å². The molecule has 0 unspecified atom stereocenters. The van der Waals surface area contributed by atoms with Crippen LogP contribution in [0.25, 0.3) is 0 Å². The van der Waals surface area contributed by atoms with Crippen LogP contribution in [0.4, 0.5) is 4.39 Å². The molecule has 3 heteroatoms. The van der Waals surface area contributed by atoms with Gasteiger partial charge in [0.25, 0.3) is 0 Å². The van der Waals surface area contributed by atoms with Crippen molar-refractivity contribution in [2.24, 2.45) is 15.4 Å². The van der Waals surface area contributed by atoms with Gasteiger partial charge in [0.15, 0.2) is 0 Å². The van der Waals surface area contributed by atoms with Gasteiger partial charge in [-0.2, -0.15) is 4.39 Å². The lowest BCUT2D eigenvalue weighted by Gasteiger charge is -2.17. The maximum absolute atomic E-state index is 12.4. The molecule has 0 amide bonds. The molecule has 0 bridgehead atoms. The standard InChI is InChI=1S/C9H15FN2/c1-7(9(2,3)4)6-12-8(10)11-5/h6H,5H2,1-4H3/b7-6+,12-8-. The molecule has 2 nitrogen and oxygen atoms in total. The largest absolute Gasteiger partial charge is 0.307 e. The number of amidine groups is 1. The second-order valence-electron chi connectivity index (χ2n) is 3.62. The Bertz CT molecular complexity index is 221. The van der Waals surface area contributed by atoms with Gasteiger partial charge in [0, 0.05) is 6.20 Å². The van der Waals surface area contributed by atoms with Crippen molar-refractivity contribution in [1.82, 2.24) is 0 Å². The molecule has 0 aromatic carbocycles. The summed E-state index contributed by atoms with van der Waals surface area (Å²) in [6.07, 6.45) is 0.683. The summed E-state index contributed by atoms with van der Waals surface area (Å²) in [6.45, 7) is 11.0. The van der Waals surface area contributed by atoms with Crippen LogP contribution in [0.3, 0.4) is 0 Å². The second-order valence-corrected chi connectivity index (χ2v) is 3.62. The van der Waals surface area contributed by atoms with Crippen LogP contribution in [-0.4, -0.2) is 12.8 Å². The van der Waals surface area contributed by atoms with Gasteiger partial charge in [-0.1, -0.05) is 20.8 Å². The highest BCUT2D eigenvalue weighted by Gasteiger charge is 2.11. The lowest BCUT2D eigenvalue weighted by molar-refractivity contribution is 0.502. The highest BCUT2D eigenvalue weighted by Crippen LogP contribution is 2.24. The molecule has 0 N–H and O–H groups in total. The molecular formula is C9H15FN2. The molecule has 0 aliphatic rings. The molecule has 0 radical (unpaired) electrons. The molecule has 0 saturated heterocycles. The summed E-state index contributed by atoms with van der Waals surface area (Å²) < 4.78 is 12.4. The third-order valence-electron chi connectivity index (χ3n) is 1.68. The Kier molecular flexibility index (Phi) is 3.80. The fourth-order valence-electron chi connectivity index (χ4n) is 0.385. The van der Waals surface area contributed by atoms with Crippen LogP contribution in [0.2, 0.25) is 0 Å². The molecule has 0 spiro atoms. The van der Waals surface area contributed by atoms with Gasteiger partial charge >= 0.3 is 6.09 Å². The van der Waals surface area contributed by atoms with Gasteiger partial charge in [0.1, 0.15) is 0 Å². The molecule has 0 fully saturated rings. The van der Waals surface area contributed by atoms with Gasteiger partial charge < -0.3 is 0 Å². The average Bonchev–Trinajstić information content (AvgIpc) is 1.97. The van der Waals surface area contributed by atoms with Gasteiger partial charge in [0.2, 0.25) is 0 Å². The number of hydrogen-bond donors (Lipinski definition) is 0. The van der Waals surface area contributed by atoms with Crippen molar-refractivity contribution in [2.75, 3.05) is 0 Å². The van der Waals surface area contributed by atoms with Crippen molar-refractivity contribution < 1.29 is 4.39 Å². The predicted octanol–water partition coefficient (Wildman–Crippen LogP) is 2.96. The SMILES string of the molecule is C=N/C(F)=N\C=C(/C)C(C)(C)C. The Morgan fingerprint density at radius 3 is 2.25 bits per heavy atom. The second kappa shape index (κ2) is 4.14. The van der Waals surface area contributed by atoms with Crippen molar-refractivity contribution in [3.05, 3.63) is 11.8 Å². The average molecular weight is 170 g/mol. The highest BCUT2D eigenvalue weighted by molar-refractivity contribution is 5.77. The lowest BCUT2D eigenvalue weighted by atomic mass is 9.88. The van der Waals surface area contributed by atoms with Crippen LogP contribution in [0.15, 0.2) is 21.8 Å². The molecule has 0 aromatic rings. The normalized spacial score (nSPS) is 14.8. The number of hydrogen-bond acceptors (Lipinski definition) is 1. The summed E-state index contributed by atoms with van der Waals surface area (Å²) >= 11 is 0. The van der Waals surface area contributed by atoms with E-state index < -0.39 is 6.09 Å². The van der Waals surface area contributed by atoms with Crippen LogP contribution in [0.1, 0.15) is 27.7 Å². The van der Waals surface area contributed by atoms with Crippen molar-refractivity contribution in [1.29, 1.82) is 0 Å². The fraction of sp³-hybridized carbons (Fsp3) is 0.556. The van der Waals surface area contributed by atoms with Crippen molar-refractivity contribution in [2.45, 2.75) is 27.7 Å². The molecule has 12 heavy (non-hydrogen) atoms. The molecule has 0 aliphatic carbocycles. The van der Waals surface area contributed by atoms with E-state index in [2.05, 4.69) is 16.7 Å². The number of nitrogens with zero attached hydrogens (tertiary/aromatic N) is 2. The van der Waals surface area contributed by atoms with E-state index in [4.69, 9.17) is 0 Å². The fourth-order valence-corrected chi connectivity index (χ4v) is 0.385. The van der Waals surface area contributed by atoms with E-state index in [-0.39, 0.29) is 5.41 Å². The number of aliphatic imine (C=N–C) groups is 2. The monoisotopic (exact) mass is 170 g/mol. The van der Waals surface area contributed by atoms with Crippen LogP contribution >= 0.6 is 0 Å². The number of rotatable bonds is 1. The van der Waals surface area contributed by atoms with Crippen molar-refractivity contribution in [3.63, 3.8) is 0 Å². The van der Waals surface area contributed by atoms with E-state index in [0.29, 0.717) is 0 Å². The van der Waals surface area contributed by atoms with Gasteiger partial charge in [-0.3, -0.25) is 0 Å². The third kappa shape index (κ3) is 4.01. The zero-order chi connectivity index (χ0) is 9.78. The summed E-state index contributed by atoms with van der Waals surface area (Å²) in [5.74, 6) is 0.